The fourth-order valence-corrected chi connectivity index (χ4v) is 2.91. The molecule has 1 N–H and O–H groups in total. The third-order valence-corrected chi connectivity index (χ3v) is 4.35. The zero-order valence-corrected chi connectivity index (χ0v) is 16.5. The Morgan fingerprint density at radius 3 is 2.38 bits per heavy atom. The summed E-state index contributed by atoms with van der Waals surface area (Å²) in [6.07, 6.45) is 0.793. The van der Waals surface area contributed by atoms with Crippen molar-refractivity contribution in [2.45, 2.75) is 59.5 Å². The maximum Gasteiger partial charge on any atom is 0.247 e. The molecular formula is C20H30N4O2. The smallest absolute Gasteiger partial charge is 0.247 e. The van der Waals surface area contributed by atoms with Crippen molar-refractivity contribution in [1.82, 2.24) is 20.4 Å². The fourth-order valence-electron chi connectivity index (χ4n) is 2.91. The van der Waals surface area contributed by atoms with Crippen molar-refractivity contribution in [3.05, 3.63) is 35.7 Å². The number of carbonyl (C=O) groups is 1. The molecule has 0 fully saturated rings. The molecule has 0 spiro atoms. The molecule has 142 valence electrons. The number of hydrogen-bond donors (Lipinski definition) is 1. The fraction of sp³-hybridized carbons (Fsp3) is 0.550. The van der Waals surface area contributed by atoms with Crippen molar-refractivity contribution in [1.29, 1.82) is 0 Å². The number of aryl methyl sites for hydroxylation is 2. The molecule has 0 aliphatic rings. The second-order valence-electron chi connectivity index (χ2n) is 7.14. The summed E-state index contributed by atoms with van der Waals surface area (Å²) in [6, 6.07) is 8.84. The summed E-state index contributed by atoms with van der Waals surface area (Å²) in [7, 11) is 0. The van der Waals surface area contributed by atoms with E-state index in [0.717, 1.165) is 12.1 Å². The standard InChI is InChI=1S/C20H30N4O2/c1-14(2)24(15(3)4)13-12-21-18(25)10-11-19-22-23-20(26-19)17-8-6-16(5)7-9-17/h6-9,14-15H,10-13H2,1-5H3,(H,21,25). The summed E-state index contributed by atoms with van der Waals surface area (Å²) in [4.78, 5) is 14.4. The molecule has 0 aliphatic heterocycles. The average Bonchev–Trinajstić information content (AvgIpc) is 3.05. The van der Waals surface area contributed by atoms with Crippen molar-refractivity contribution >= 4 is 5.91 Å². The summed E-state index contributed by atoms with van der Waals surface area (Å²) in [5, 5.41) is 11.1. The Balaban J connectivity index is 1.76. The van der Waals surface area contributed by atoms with Crippen LogP contribution in [0.3, 0.4) is 0 Å². The van der Waals surface area contributed by atoms with Gasteiger partial charge in [0, 0.05) is 43.6 Å². The second-order valence-corrected chi connectivity index (χ2v) is 7.14. The first-order valence-corrected chi connectivity index (χ1v) is 9.28. The minimum atomic E-state index is 0.00699. The molecule has 1 aromatic carbocycles. The Labute approximate surface area is 156 Å². The predicted molar refractivity (Wildman–Crippen MR) is 103 cm³/mol. The third-order valence-electron chi connectivity index (χ3n) is 4.35. The van der Waals surface area contributed by atoms with Crippen LogP contribution >= 0.6 is 0 Å². The van der Waals surface area contributed by atoms with Crippen LogP contribution in [0.15, 0.2) is 28.7 Å². The molecule has 6 nitrogen and oxygen atoms in total. The van der Waals surface area contributed by atoms with Gasteiger partial charge in [0.05, 0.1) is 0 Å². The Hall–Kier alpha value is -2.21. The lowest BCUT2D eigenvalue weighted by Crippen LogP contribution is -2.42. The van der Waals surface area contributed by atoms with E-state index in [1.54, 1.807) is 0 Å². The predicted octanol–water partition coefficient (Wildman–Crippen LogP) is 3.21. The molecular weight excluding hydrogens is 328 g/mol. The van der Waals surface area contributed by atoms with E-state index in [9.17, 15) is 4.79 Å². The Morgan fingerprint density at radius 1 is 1.12 bits per heavy atom. The Bertz CT molecular complexity index is 684. The summed E-state index contributed by atoms with van der Waals surface area (Å²) in [6.45, 7) is 12.2. The van der Waals surface area contributed by atoms with Crippen molar-refractivity contribution in [3.8, 4) is 11.5 Å². The number of benzene rings is 1. The zero-order chi connectivity index (χ0) is 19.1. The molecule has 0 bridgehead atoms. The van der Waals surface area contributed by atoms with Crippen molar-refractivity contribution < 1.29 is 9.21 Å². The topological polar surface area (TPSA) is 71.3 Å². The highest BCUT2D eigenvalue weighted by Gasteiger charge is 2.14. The van der Waals surface area contributed by atoms with Gasteiger partial charge in [-0.15, -0.1) is 10.2 Å². The van der Waals surface area contributed by atoms with Crippen molar-refractivity contribution in [3.63, 3.8) is 0 Å². The molecule has 0 atom stereocenters. The lowest BCUT2D eigenvalue weighted by Gasteiger charge is -2.30. The number of aromatic nitrogens is 2. The van der Waals surface area contributed by atoms with E-state index in [-0.39, 0.29) is 5.91 Å². The molecule has 2 rings (SSSR count). The summed E-state index contributed by atoms with van der Waals surface area (Å²) in [5.74, 6) is 0.985. The zero-order valence-electron chi connectivity index (χ0n) is 16.5. The van der Waals surface area contributed by atoms with Gasteiger partial charge in [-0.1, -0.05) is 17.7 Å². The molecule has 26 heavy (non-hydrogen) atoms. The molecule has 6 heteroatoms. The van der Waals surface area contributed by atoms with Gasteiger partial charge in [-0.2, -0.15) is 0 Å². The van der Waals surface area contributed by atoms with Crippen LogP contribution in [0.1, 0.15) is 45.6 Å². The lowest BCUT2D eigenvalue weighted by atomic mass is 10.1. The molecule has 0 aliphatic carbocycles. The first-order valence-electron chi connectivity index (χ1n) is 9.28. The number of amides is 1. The Kier molecular flexibility index (Phi) is 7.33. The molecule has 1 aromatic heterocycles. The number of carbonyl (C=O) groups excluding carboxylic acids is 1. The van der Waals surface area contributed by atoms with E-state index in [2.05, 4.69) is 48.1 Å². The molecule has 0 unspecified atom stereocenters. The molecule has 0 radical (unpaired) electrons. The first-order chi connectivity index (χ1) is 12.4. The largest absolute Gasteiger partial charge is 0.421 e. The number of nitrogens with zero attached hydrogens (tertiary/aromatic N) is 3. The van der Waals surface area contributed by atoms with Gasteiger partial charge in [0.1, 0.15) is 0 Å². The van der Waals surface area contributed by atoms with Crippen LogP contribution in [0.25, 0.3) is 11.5 Å². The van der Waals surface area contributed by atoms with Crippen LogP contribution in [0, 0.1) is 6.92 Å². The van der Waals surface area contributed by atoms with E-state index in [0.29, 0.717) is 43.3 Å². The monoisotopic (exact) mass is 358 g/mol. The SMILES string of the molecule is Cc1ccc(-c2nnc(CCC(=O)NCCN(C(C)C)C(C)C)o2)cc1. The quantitative estimate of drug-likeness (QED) is 0.745. The molecule has 1 amide bonds. The molecule has 0 saturated carbocycles. The van der Waals surface area contributed by atoms with Crippen LogP contribution in [0.4, 0.5) is 0 Å². The van der Waals surface area contributed by atoms with E-state index in [1.807, 2.05) is 31.2 Å². The van der Waals surface area contributed by atoms with Crippen LogP contribution in [0.2, 0.25) is 0 Å². The van der Waals surface area contributed by atoms with E-state index in [1.165, 1.54) is 5.56 Å². The maximum absolute atomic E-state index is 12.0. The lowest BCUT2D eigenvalue weighted by molar-refractivity contribution is -0.121. The average molecular weight is 358 g/mol. The maximum atomic E-state index is 12.0. The number of rotatable bonds is 9. The van der Waals surface area contributed by atoms with Crippen molar-refractivity contribution in [2.75, 3.05) is 13.1 Å². The van der Waals surface area contributed by atoms with Gasteiger partial charge in [-0.05, 0) is 46.8 Å². The highest BCUT2D eigenvalue weighted by Crippen LogP contribution is 2.18. The van der Waals surface area contributed by atoms with Gasteiger partial charge in [0.15, 0.2) is 0 Å². The minimum absolute atomic E-state index is 0.00699. The molecule has 2 aromatic rings. The Morgan fingerprint density at radius 2 is 1.77 bits per heavy atom. The summed E-state index contributed by atoms with van der Waals surface area (Å²) in [5.41, 5.74) is 2.07. The van der Waals surface area contributed by atoms with Gasteiger partial charge in [0.2, 0.25) is 17.7 Å². The van der Waals surface area contributed by atoms with Crippen LogP contribution in [-0.4, -0.2) is 46.2 Å². The molecule has 1 heterocycles. The van der Waals surface area contributed by atoms with Gasteiger partial charge in [0.25, 0.3) is 0 Å². The number of hydrogen-bond acceptors (Lipinski definition) is 5. The van der Waals surface area contributed by atoms with Gasteiger partial charge in [-0.3, -0.25) is 9.69 Å². The van der Waals surface area contributed by atoms with E-state index < -0.39 is 0 Å². The van der Waals surface area contributed by atoms with Gasteiger partial charge in [-0.25, -0.2) is 0 Å². The normalized spacial score (nSPS) is 11.5. The van der Waals surface area contributed by atoms with Crippen LogP contribution < -0.4 is 5.32 Å². The molecule has 0 saturated heterocycles. The highest BCUT2D eigenvalue weighted by molar-refractivity contribution is 5.76. The number of nitrogens with one attached hydrogen (secondary N) is 1. The summed E-state index contributed by atoms with van der Waals surface area (Å²) < 4.78 is 5.66. The highest BCUT2D eigenvalue weighted by atomic mass is 16.4. The summed E-state index contributed by atoms with van der Waals surface area (Å²) >= 11 is 0. The van der Waals surface area contributed by atoms with Crippen LogP contribution in [0.5, 0.6) is 0 Å². The van der Waals surface area contributed by atoms with E-state index >= 15 is 0 Å². The second kappa shape index (κ2) is 9.48. The van der Waals surface area contributed by atoms with Crippen molar-refractivity contribution in [2.24, 2.45) is 0 Å². The van der Waals surface area contributed by atoms with Gasteiger partial charge >= 0.3 is 0 Å². The third kappa shape index (κ3) is 5.95. The van der Waals surface area contributed by atoms with E-state index in [4.69, 9.17) is 4.42 Å². The van der Waals surface area contributed by atoms with Crippen LogP contribution in [-0.2, 0) is 11.2 Å². The first kappa shape index (κ1) is 20.1. The van der Waals surface area contributed by atoms with Gasteiger partial charge < -0.3 is 9.73 Å². The minimum Gasteiger partial charge on any atom is -0.421 e.